The molecular weight excluding hydrogens is 276 g/mol. The summed E-state index contributed by atoms with van der Waals surface area (Å²) in [5, 5.41) is 0. The van der Waals surface area contributed by atoms with Gasteiger partial charge in [0.05, 0.1) is 0 Å². The summed E-state index contributed by atoms with van der Waals surface area (Å²) in [6.45, 7) is 2.64. The summed E-state index contributed by atoms with van der Waals surface area (Å²) in [6.07, 6.45) is 4.17. The van der Waals surface area contributed by atoms with E-state index in [0.717, 1.165) is 32.2 Å². The van der Waals surface area contributed by atoms with Crippen molar-refractivity contribution in [2.45, 2.75) is 31.7 Å². The van der Waals surface area contributed by atoms with Crippen molar-refractivity contribution >= 4 is 8.97 Å². The van der Waals surface area contributed by atoms with Gasteiger partial charge in [-0.3, -0.25) is 4.57 Å². The van der Waals surface area contributed by atoms with E-state index in [2.05, 4.69) is 4.57 Å². The van der Waals surface area contributed by atoms with Gasteiger partial charge in [-0.15, -0.1) is 0 Å². The molecule has 0 radical (unpaired) electrons. The topological polar surface area (TPSA) is 109 Å². The summed E-state index contributed by atoms with van der Waals surface area (Å²) >= 11 is 0. The summed E-state index contributed by atoms with van der Waals surface area (Å²) < 4.78 is 18.6. The Labute approximate surface area is 124 Å². The van der Waals surface area contributed by atoms with E-state index in [9.17, 15) is 0 Å². The molecule has 8 heteroatoms. The van der Waals surface area contributed by atoms with Crippen molar-refractivity contribution in [3.05, 3.63) is 0 Å². The van der Waals surface area contributed by atoms with Crippen LogP contribution in [0.3, 0.4) is 0 Å². The molecular formula is C12H32N4O3Si. The van der Waals surface area contributed by atoms with Crippen LogP contribution in [-0.2, 0) is 13.3 Å². The second kappa shape index (κ2) is 11.6. The van der Waals surface area contributed by atoms with E-state index in [-0.39, 0.29) is 6.04 Å². The first-order valence-corrected chi connectivity index (χ1v) is 8.83. The third-order valence-corrected chi connectivity index (χ3v) is 6.14. The van der Waals surface area contributed by atoms with Gasteiger partial charge in [0.15, 0.2) is 0 Å². The predicted molar refractivity (Wildman–Crippen MR) is 82.9 cm³/mol. The molecule has 0 rings (SSSR count). The van der Waals surface area contributed by atoms with E-state index in [1.165, 1.54) is 0 Å². The molecule has 0 aliphatic rings. The summed E-state index contributed by atoms with van der Waals surface area (Å²) in [6, 6.07) is 0.112. The van der Waals surface area contributed by atoms with Crippen molar-refractivity contribution in [2.24, 2.45) is 17.2 Å². The number of hydrogen-bond donors (Lipinski definition) is 3. The Morgan fingerprint density at radius 2 is 1.55 bits per heavy atom. The van der Waals surface area contributed by atoms with Crippen LogP contribution in [0.25, 0.3) is 0 Å². The van der Waals surface area contributed by atoms with E-state index in [1.807, 2.05) is 0 Å². The lowest BCUT2D eigenvalue weighted by Gasteiger charge is -2.35. The molecule has 0 heterocycles. The number of rotatable bonds is 13. The minimum absolute atomic E-state index is 0.112. The third-order valence-electron chi connectivity index (χ3n) is 3.37. The zero-order chi connectivity index (χ0) is 15.4. The van der Waals surface area contributed by atoms with Crippen LogP contribution in [0.4, 0.5) is 0 Å². The van der Waals surface area contributed by atoms with Gasteiger partial charge in [0, 0.05) is 47.0 Å². The van der Waals surface area contributed by atoms with Crippen LogP contribution in [0.5, 0.6) is 0 Å². The van der Waals surface area contributed by atoms with Crippen LogP contribution in [0.2, 0.25) is 0 Å². The molecule has 20 heavy (non-hydrogen) atoms. The zero-order valence-corrected chi connectivity index (χ0v) is 14.1. The molecule has 122 valence electrons. The lowest BCUT2D eigenvalue weighted by atomic mass is 10.1. The largest absolute Gasteiger partial charge is 0.598 e. The highest BCUT2D eigenvalue weighted by atomic mass is 28.4. The standard InChI is InChI=1S/C12H32N4O3Si/c1-17-20(18-2,19-3)16(10-8-13)9-6-4-5-7-12(15)11-14/h12H,4-11,13-15H2,1-3H3. The van der Waals surface area contributed by atoms with Gasteiger partial charge in [0.2, 0.25) is 0 Å². The normalized spacial score (nSPS) is 13.9. The quantitative estimate of drug-likeness (QED) is 0.310. The number of nitrogens with zero attached hydrogens (tertiary/aromatic N) is 1. The minimum Gasteiger partial charge on any atom is -0.364 e. The van der Waals surface area contributed by atoms with Gasteiger partial charge in [-0.2, -0.15) is 0 Å². The van der Waals surface area contributed by atoms with Crippen molar-refractivity contribution in [2.75, 3.05) is 47.5 Å². The number of unbranched alkanes of at least 4 members (excludes halogenated alkanes) is 2. The first-order valence-electron chi connectivity index (χ1n) is 7.16. The fourth-order valence-electron chi connectivity index (χ4n) is 2.18. The van der Waals surface area contributed by atoms with Gasteiger partial charge >= 0.3 is 8.97 Å². The Morgan fingerprint density at radius 3 is 2.00 bits per heavy atom. The van der Waals surface area contributed by atoms with E-state index in [4.69, 9.17) is 30.5 Å². The Balaban J connectivity index is 4.20. The zero-order valence-electron chi connectivity index (χ0n) is 13.1. The molecule has 7 nitrogen and oxygen atoms in total. The first kappa shape index (κ1) is 19.9. The monoisotopic (exact) mass is 308 g/mol. The molecule has 0 aromatic rings. The predicted octanol–water partition coefficient (Wildman–Crippen LogP) is -0.532. The average Bonchev–Trinajstić information content (AvgIpc) is 2.48. The SMILES string of the molecule is CO[Si](OC)(OC)N(CCN)CCCCCC(N)CN. The van der Waals surface area contributed by atoms with Crippen molar-refractivity contribution in [1.29, 1.82) is 0 Å². The summed E-state index contributed by atoms with van der Waals surface area (Å²) in [7, 11) is 2.09. The lowest BCUT2D eigenvalue weighted by Crippen LogP contribution is -2.60. The lowest BCUT2D eigenvalue weighted by molar-refractivity contribution is 0.0576. The van der Waals surface area contributed by atoms with Gasteiger partial charge in [0.25, 0.3) is 0 Å². The van der Waals surface area contributed by atoms with Crippen LogP contribution in [0, 0.1) is 0 Å². The van der Waals surface area contributed by atoms with Crippen molar-refractivity contribution in [3.63, 3.8) is 0 Å². The second-order valence-electron chi connectivity index (χ2n) is 4.76. The van der Waals surface area contributed by atoms with Crippen LogP contribution < -0.4 is 17.2 Å². The fraction of sp³-hybridized carbons (Fsp3) is 1.00. The minimum atomic E-state index is -2.75. The summed E-state index contributed by atoms with van der Waals surface area (Å²) in [5.74, 6) is 0. The van der Waals surface area contributed by atoms with Gasteiger partial charge < -0.3 is 30.5 Å². The molecule has 0 aliphatic heterocycles. The Bertz CT molecular complexity index is 224. The molecule has 0 spiro atoms. The van der Waals surface area contributed by atoms with Crippen LogP contribution in [0.1, 0.15) is 25.7 Å². The Kier molecular flexibility index (Phi) is 11.5. The highest BCUT2D eigenvalue weighted by Gasteiger charge is 2.45. The van der Waals surface area contributed by atoms with E-state index < -0.39 is 8.97 Å². The molecule has 0 aromatic carbocycles. The average molecular weight is 308 g/mol. The second-order valence-corrected chi connectivity index (χ2v) is 7.66. The molecule has 6 N–H and O–H groups in total. The summed E-state index contributed by atoms with van der Waals surface area (Å²) in [4.78, 5) is 0. The van der Waals surface area contributed by atoms with Gasteiger partial charge in [-0.1, -0.05) is 12.8 Å². The van der Waals surface area contributed by atoms with Crippen molar-refractivity contribution in [3.8, 4) is 0 Å². The molecule has 0 aliphatic carbocycles. The summed E-state index contributed by atoms with van der Waals surface area (Å²) in [5.41, 5.74) is 16.9. The molecule has 0 saturated heterocycles. The molecule has 0 aromatic heterocycles. The molecule has 0 fully saturated rings. The molecule has 0 bridgehead atoms. The molecule has 1 unspecified atom stereocenters. The van der Waals surface area contributed by atoms with E-state index in [0.29, 0.717) is 19.6 Å². The highest BCUT2D eigenvalue weighted by Crippen LogP contribution is 2.14. The third kappa shape index (κ3) is 6.59. The smallest absolute Gasteiger partial charge is 0.364 e. The van der Waals surface area contributed by atoms with Crippen LogP contribution in [0.15, 0.2) is 0 Å². The Morgan fingerprint density at radius 1 is 0.950 bits per heavy atom. The fourth-order valence-corrected chi connectivity index (χ4v) is 4.29. The molecule has 0 saturated carbocycles. The van der Waals surface area contributed by atoms with Gasteiger partial charge in [-0.25, -0.2) is 0 Å². The maximum atomic E-state index is 5.79. The van der Waals surface area contributed by atoms with Crippen LogP contribution >= 0.6 is 0 Å². The molecule has 1 atom stereocenters. The number of nitrogens with two attached hydrogens (primary N) is 3. The Hall–Kier alpha value is -0.0631. The van der Waals surface area contributed by atoms with Gasteiger partial charge in [-0.05, 0) is 19.4 Å². The van der Waals surface area contributed by atoms with Gasteiger partial charge in [0.1, 0.15) is 0 Å². The first-order chi connectivity index (χ1) is 9.60. The highest BCUT2D eigenvalue weighted by molar-refractivity contribution is 6.57. The molecule has 0 amide bonds. The van der Waals surface area contributed by atoms with Crippen LogP contribution in [-0.4, -0.2) is 67.1 Å². The van der Waals surface area contributed by atoms with E-state index >= 15 is 0 Å². The maximum absolute atomic E-state index is 5.79. The maximum Gasteiger partial charge on any atom is 0.598 e. The van der Waals surface area contributed by atoms with Crippen molar-refractivity contribution < 1.29 is 13.3 Å². The number of hydrogen-bond acceptors (Lipinski definition) is 7. The van der Waals surface area contributed by atoms with E-state index in [1.54, 1.807) is 21.3 Å². The van der Waals surface area contributed by atoms with Crippen molar-refractivity contribution in [1.82, 2.24) is 4.57 Å².